The summed E-state index contributed by atoms with van der Waals surface area (Å²) >= 11 is 0. The van der Waals surface area contributed by atoms with Gasteiger partial charge in [0.15, 0.2) is 23.3 Å². The van der Waals surface area contributed by atoms with Crippen LogP contribution in [-0.2, 0) is 0 Å². The third-order valence-corrected chi connectivity index (χ3v) is 10.9. The molecule has 0 aliphatic carbocycles. The molecular formula is C55H35N5O. The Balaban J connectivity index is 0.956. The van der Waals surface area contributed by atoms with Gasteiger partial charge in [-0.05, 0) is 64.7 Å². The van der Waals surface area contributed by atoms with Gasteiger partial charge < -0.3 is 4.42 Å². The second kappa shape index (κ2) is 15.4. The van der Waals surface area contributed by atoms with Crippen LogP contribution in [0.3, 0.4) is 0 Å². The topological polar surface area (TPSA) is 77.6 Å². The van der Waals surface area contributed by atoms with Crippen molar-refractivity contribution in [1.82, 2.24) is 24.9 Å². The summed E-state index contributed by atoms with van der Waals surface area (Å²) in [5.41, 5.74) is 13.4. The van der Waals surface area contributed by atoms with Crippen molar-refractivity contribution in [2.45, 2.75) is 0 Å². The molecule has 6 nitrogen and oxygen atoms in total. The number of aromatic nitrogens is 5. The SMILES string of the molecule is c1ccc(-c2nc(-c3cccc(-c4cccc(-c5cccc(-c6nc(-c7ccccc7)nc(-c7ccccc7)n6)c5)c4)c3)cc(-c3ccc4c(c3)oc3ccccc34)n2)cc1. The van der Waals surface area contributed by atoms with Crippen LogP contribution in [0.2, 0.25) is 0 Å². The fraction of sp³-hybridized carbons (Fsp3) is 0. The summed E-state index contributed by atoms with van der Waals surface area (Å²) in [4.78, 5) is 25.1. The fourth-order valence-corrected chi connectivity index (χ4v) is 7.86. The van der Waals surface area contributed by atoms with Gasteiger partial charge in [0, 0.05) is 44.2 Å². The molecule has 3 aromatic heterocycles. The van der Waals surface area contributed by atoms with Crippen molar-refractivity contribution in [3.63, 3.8) is 0 Å². The summed E-state index contributed by atoms with van der Waals surface area (Å²) in [6.07, 6.45) is 0. The van der Waals surface area contributed by atoms with E-state index in [4.69, 9.17) is 29.3 Å². The quantitative estimate of drug-likeness (QED) is 0.153. The monoisotopic (exact) mass is 781 g/mol. The molecule has 0 bridgehead atoms. The average Bonchev–Trinajstić information content (AvgIpc) is 3.73. The van der Waals surface area contributed by atoms with Gasteiger partial charge in [0.05, 0.1) is 11.4 Å². The largest absolute Gasteiger partial charge is 0.456 e. The smallest absolute Gasteiger partial charge is 0.164 e. The maximum atomic E-state index is 6.27. The lowest BCUT2D eigenvalue weighted by molar-refractivity contribution is 0.669. The number of hydrogen-bond donors (Lipinski definition) is 0. The first kappa shape index (κ1) is 35.8. The molecule has 0 saturated heterocycles. The van der Waals surface area contributed by atoms with E-state index in [1.807, 2.05) is 109 Å². The summed E-state index contributed by atoms with van der Waals surface area (Å²) in [6, 6.07) is 72.4. The van der Waals surface area contributed by atoms with Crippen molar-refractivity contribution in [2.24, 2.45) is 0 Å². The first-order valence-electron chi connectivity index (χ1n) is 20.2. The zero-order valence-corrected chi connectivity index (χ0v) is 32.9. The minimum absolute atomic E-state index is 0.620. The number of benzene rings is 8. The van der Waals surface area contributed by atoms with E-state index in [1.165, 1.54) is 0 Å². The first-order chi connectivity index (χ1) is 30.2. The van der Waals surface area contributed by atoms with Gasteiger partial charge >= 0.3 is 0 Å². The van der Waals surface area contributed by atoms with Crippen LogP contribution in [0, 0.1) is 0 Å². The van der Waals surface area contributed by atoms with Gasteiger partial charge in [-0.2, -0.15) is 0 Å². The summed E-state index contributed by atoms with van der Waals surface area (Å²) in [5.74, 6) is 2.55. The summed E-state index contributed by atoms with van der Waals surface area (Å²) < 4.78 is 6.27. The molecule has 0 N–H and O–H groups in total. The molecule has 0 aliphatic heterocycles. The van der Waals surface area contributed by atoms with Crippen molar-refractivity contribution >= 4 is 21.9 Å². The van der Waals surface area contributed by atoms with Crippen molar-refractivity contribution in [2.75, 3.05) is 0 Å². The molecular weight excluding hydrogens is 747 g/mol. The molecule has 0 radical (unpaired) electrons. The summed E-state index contributed by atoms with van der Waals surface area (Å²) in [5, 5.41) is 2.18. The van der Waals surface area contributed by atoms with Gasteiger partial charge in [0.25, 0.3) is 0 Å². The van der Waals surface area contributed by atoms with E-state index in [-0.39, 0.29) is 0 Å². The van der Waals surface area contributed by atoms with Crippen LogP contribution < -0.4 is 0 Å². The summed E-state index contributed by atoms with van der Waals surface area (Å²) in [6.45, 7) is 0. The maximum Gasteiger partial charge on any atom is 0.164 e. The van der Waals surface area contributed by atoms with Crippen LogP contribution in [0.1, 0.15) is 0 Å². The second-order valence-electron chi connectivity index (χ2n) is 14.9. The molecule has 0 spiro atoms. The van der Waals surface area contributed by atoms with Crippen LogP contribution in [-0.4, -0.2) is 24.9 Å². The lowest BCUT2D eigenvalue weighted by atomic mass is 9.96. The van der Waals surface area contributed by atoms with Gasteiger partial charge in [0.2, 0.25) is 0 Å². The van der Waals surface area contributed by atoms with Gasteiger partial charge in [-0.15, -0.1) is 0 Å². The number of fused-ring (bicyclic) bond motifs is 3. The van der Waals surface area contributed by atoms with Gasteiger partial charge in [-0.1, -0.05) is 170 Å². The van der Waals surface area contributed by atoms with E-state index in [1.54, 1.807) is 0 Å². The van der Waals surface area contributed by atoms with Crippen molar-refractivity contribution in [3.05, 3.63) is 212 Å². The van der Waals surface area contributed by atoms with Gasteiger partial charge in [0.1, 0.15) is 11.2 Å². The lowest BCUT2D eigenvalue weighted by Gasteiger charge is -2.12. The highest BCUT2D eigenvalue weighted by molar-refractivity contribution is 6.05. The van der Waals surface area contributed by atoms with Crippen LogP contribution in [0.5, 0.6) is 0 Å². The molecule has 11 aromatic rings. The number of nitrogens with zero attached hydrogens (tertiary/aromatic N) is 5. The Kier molecular flexibility index (Phi) is 9.06. The predicted octanol–water partition coefficient (Wildman–Crippen LogP) is 13.9. The Bertz CT molecular complexity index is 3310. The van der Waals surface area contributed by atoms with Crippen LogP contribution >= 0.6 is 0 Å². The fourth-order valence-electron chi connectivity index (χ4n) is 7.86. The molecule has 0 fully saturated rings. The molecule has 0 saturated carbocycles. The van der Waals surface area contributed by atoms with Crippen LogP contribution in [0.4, 0.5) is 0 Å². The third kappa shape index (κ3) is 7.13. The normalized spacial score (nSPS) is 11.3. The minimum Gasteiger partial charge on any atom is -0.456 e. The Morgan fingerprint density at radius 3 is 1.16 bits per heavy atom. The predicted molar refractivity (Wildman–Crippen MR) is 246 cm³/mol. The molecule has 11 rings (SSSR count). The van der Waals surface area contributed by atoms with Crippen molar-refractivity contribution in [1.29, 1.82) is 0 Å². The lowest BCUT2D eigenvalue weighted by Crippen LogP contribution is -2.00. The molecule has 0 atom stereocenters. The average molecular weight is 782 g/mol. The van der Waals surface area contributed by atoms with E-state index in [0.717, 1.165) is 89.0 Å². The van der Waals surface area contributed by atoms with Crippen LogP contribution in [0.25, 0.3) is 112 Å². The molecule has 6 heteroatoms. The Hall–Kier alpha value is -8.35. The number of rotatable bonds is 8. The third-order valence-electron chi connectivity index (χ3n) is 10.9. The number of hydrogen-bond acceptors (Lipinski definition) is 6. The number of para-hydroxylation sites is 1. The van der Waals surface area contributed by atoms with E-state index >= 15 is 0 Å². The molecule has 3 heterocycles. The highest BCUT2D eigenvalue weighted by Crippen LogP contribution is 2.36. The minimum atomic E-state index is 0.620. The van der Waals surface area contributed by atoms with E-state index in [2.05, 4.69) is 103 Å². The van der Waals surface area contributed by atoms with E-state index < -0.39 is 0 Å². The zero-order valence-electron chi connectivity index (χ0n) is 32.9. The van der Waals surface area contributed by atoms with Crippen molar-refractivity contribution in [3.8, 4) is 90.3 Å². The Morgan fingerprint density at radius 1 is 0.230 bits per heavy atom. The van der Waals surface area contributed by atoms with Crippen LogP contribution in [0.15, 0.2) is 217 Å². The molecule has 0 aliphatic rings. The van der Waals surface area contributed by atoms with E-state index in [9.17, 15) is 0 Å². The van der Waals surface area contributed by atoms with Gasteiger partial charge in [-0.3, -0.25) is 0 Å². The molecule has 61 heavy (non-hydrogen) atoms. The van der Waals surface area contributed by atoms with Crippen molar-refractivity contribution < 1.29 is 4.42 Å². The molecule has 286 valence electrons. The maximum absolute atomic E-state index is 6.27. The standard InChI is InChI=1S/C55H35N5O/c1-4-15-36(16-5-1)52-56-48(35-49(57-52)44-29-30-47-46-27-10-11-28-50(46)61-51(47)34-44)43-25-13-23-41(32-43)39-21-12-22-40(31-39)42-24-14-26-45(33-42)55-59-53(37-17-6-2-7-18-37)58-54(60-55)38-19-8-3-9-20-38/h1-35H. The second-order valence-corrected chi connectivity index (χ2v) is 14.9. The highest BCUT2D eigenvalue weighted by Gasteiger charge is 2.16. The Labute approximate surface area is 352 Å². The molecule has 8 aromatic carbocycles. The van der Waals surface area contributed by atoms with E-state index in [0.29, 0.717) is 23.3 Å². The highest BCUT2D eigenvalue weighted by atomic mass is 16.3. The first-order valence-corrected chi connectivity index (χ1v) is 20.2. The van der Waals surface area contributed by atoms with Gasteiger partial charge in [-0.25, -0.2) is 24.9 Å². The zero-order chi connectivity index (χ0) is 40.5. The number of furan rings is 1. The molecule has 0 amide bonds. The molecule has 0 unspecified atom stereocenters. The Morgan fingerprint density at radius 2 is 0.607 bits per heavy atom. The summed E-state index contributed by atoms with van der Waals surface area (Å²) in [7, 11) is 0.